The molecule has 1 rings (SSSR count). The molecule has 1 aromatic rings. The predicted molar refractivity (Wildman–Crippen MR) is 63.2 cm³/mol. The molecule has 1 heterocycles. The van der Waals surface area contributed by atoms with Crippen LogP contribution in [0.2, 0.25) is 0 Å². The van der Waals surface area contributed by atoms with Gasteiger partial charge < -0.3 is 14.6 Å². The summed E-state index contributed by atoms with van der Waals surface area (Å²) in [4.78, 5) is 11.3. The molecule has 0 spiro atoms. The molecular weight excluding hydrogens is 220 g/mol. The Bertz CT molecular complexity index is 400. The van der Waals surface area contributed by atoms with E-state index in [-0.39, 0.29) is 12.0 Å². The second-order valence-electron chi connectivity index (χ2n) is 3.73. The average Bonchev–Trinajstić information content (AvgIpc) is 2.72. The predicted octanol–water partition coefficient (Wildman–Crippen LogP) is 0.585. The zero-order valence-electron chi connectivity index (χ0n) is 10.4. The first kappa shape index (κ1) is 13.4. The summed E-state index contributed by atoms with van der Waals surface area (Å²) in [6.45, 7) is 8.11. The minimum atomic E-state index is -0.370. The monoisotopic (exact) mass is 238 g/mol. The van der Waals surface area contributed by atoms with Crippen LogP contribution in [0.15, 0.2) is 18.5 Å². The molecule has 0 aliphatic rings. The van der Waals surface area contributed by atoms with Crippen molar-refractivity contribution in [1.29, 1.82) is 0 Å². The quantitative estimate of drug-likeness (QED) is 0.580. The van der Waals surface area contributed by atoms with Crippen LogP contribution in [0.4, 0.5) is 0 Å². The molecule has 0 saturated heterocycles. The van der Waals surface area contributed by atoms with Crippen LogP contribution in [0.5, 0.6) is 0 Å². The highest BCUT2D eigenvalue weighted by atomic mass is 16.5. The van der Waals surface area contributed by atoms with Gasteiger partial charge in [0.1, 0.15) is 12.2 Å². The zero-order chi connectivity index (χ0) is 12.8. The van der Waals surface area contributed by atoms with Gasteiger partial charge in [-0.05, 0) is 13.8 Å². The molecule has 17 heavy (non-hydrogen) atoms. The molecule has 0 aliphatic carbocycles. The van der Waals surface area contributed by atoms with Crippen molar-refractivity contribution in [2.75, 3.05) is 13.2 Å². The van der Waals surface area contributed by atoms with Crippen molar-refractivity contribution in [2.24, 2.45) is 7.05 Å². The van der Waals surface area contributed by atoms with Crippen LogP contribution in [-0.4, -0.2) is 33.9 Å². The van der Waals surface area contributed by atoms with Crippen LogP contribution in [0.25, 0.3) is 0 Å². The highest BCUT2D eigenvalue weighted by molar-refractivity contribution is 5.88. The second kappa shape index (κ2) is 6.15. The fourth-order valence-corrected chi connectivity index (χ4v) is 1.36. The number of esters is 1. The van der Waals surface area contributed by atoms with Gasteiger partial charge in [-0.2, -0.15) is 0 Å². The van der Waals surface area contributed by atoms with Gasteiger partial charge in [0, 0.05) is 19.2 Å². The Hall–Kier alpha value is -1.69. The lowest BCUT2D eigenvalue weighted by atomic mass is 10.2. The first-order chi connectivity index (χ1) is 8.06. The molecule has 0 saturated carbocycles. The van der Waals surface area contributed by atoms with Crippen LogP contribution in [0, 0.1) is 0 Å². The maximum atomic E-state index is 11.3. The summed E-state index contributed by atoms with van der Waals surface area (Å²) >= 11 is 0. The molecule has 0 fully saturated rings. The summed E-state index contributed by atoms with van der Waals surface area (Å²) in [6.07, 6.45) is 1.63. The number of ether oxygens (including phenoxy) is 1. The van der Waals surface area contributed by atoms with Gasteiger partial charge in [0.25, 0.3) is 0 Å². The number of carbonyl (C=O) groups excluding carboxylic acids is 1. The van der Waals surface area contributed by atoms with E-state index >= 15 is 0 Å². The van der Waals surface area contributed by atoms with Crippen molar-refractivity contribution in [3.8, 4) is 0 Å². The highest BCUT2D eigenvalue weighted by Crippen LogP contribution is 2.07. The van der Waals surface area contributed by atoms with Crippen molar-refractivity contribution >= 4 is 5.97 Å². The molecule has 94 valence electrons. The molecule has 1 aromatic heterocycles. The van der Waals surface area contributed by atoms with E-state index in [0.717, 1.165) is 5.82 Å². The molecule has 0 aromatic carbocycles. The molecule has 0 radical (unpaired) electrons. The Kier molecular flexibility index (Phi) is 4.84. The smallest absolute Gasteiger partial charge is 0.334 e. The SMILES string of the molecule is C=C(CNC(C)c1nncn1C)C(=O)OCC. The number of nitrogens with zero attached hydrogens (tertiary/aromatic N) is 3. The van der Waals surface area contributed by atoms with Gasteiger partial charge in [0.2, 0.25) is 0 Å². The normalized spacial score (nSPS) is 12.2. The van der Waals surface area contributed by atoms with Crippen molar-refractivity contribution in [3.05, 3.63) is 24.3 Å². The Balaban J connectivity index is 2.44. The minimum Gasteiger partial charge on any atom is -0.463 e. The van der Waals surface area contributed by atoms with Gasteiger partial charge in [0.15, 0.2) is 0 Å². The minimum absolute atomic E-state index is 0.00586. The third-order valence-electron chi connectivity index (χ3n) is 2.32. The molecule has 0 bridgehead atoms. The Morgan fingerprint density at radius 2 is 2.41 bits per heavy atom. The van der Waals surface area contributed by atoms with Gasteiger partial charge in [-0.25, -0.2) is 4.79 Å². The fraction of sp³-hybridized carbons (Fsp3) is 0.545. The van der Waals surface area contributed by atoms with Crippen LogP contribution >= 0.6 is 0 Å². The van der Waals surface area contributed by atoms with E-state index in [4.69, 9.17) is 4.74 Å². The number of hydrogen-bond acceptors (Lipinski definition) is 5. The Labute approximate surface area is 101 Å². The largest absolute Gasteiger partial charge is 0.463 e. The first-order valence-corrected chi connectivity index (χ1v) is 5.48. The van der Waals surface area contributed by atoms with E-state index in [1.54, 1.807) is 13.3 Å². The summed E-state index contributed by atoms with van der Waals surface area (Å²) in [5.41, 5.74) is 0.404. The first-order valence-electron chi connectivity index (χ1n) is 5.48. The zero-order valence-corrected chi connectivity index (χ0v) is 10.4. The molecule has 0 aliphatic heterocycles. The summed E-state index contributed by atoms with van der Waals surface area (Å²) in [5, 5.41) is 10.9. The summed E-state index contributed by atoms with van der Waals surface area (Å²) in [5.74, 6) is 0.437. The van der Waals surface area contributed by atoms with Crippen molar-refractivity contribution in [3.63, 3.8) is 0 Å². The number of carbonyl (C=O) groups is 1. The lowest BCUT2D eigenvalue weighted by Crippen LogP contribution is -2.26. The number of hydrogen-bond donors (Lipinski definition) is 1. The Morgan fingerprint density at radius 3 is 2.94 bits per heavy atom. The van der Waals surface area contributed by atoms with E-state index in [9.17, 15) is 4.79 Å². The summed E-state index contributed by atoms with van der Waals surface area (Å²) in [6, 6.07) is -0.00586. The van der Waals surface area contributed by atoms with Crippen LogP contribution < -0.4 is 5.32 Å². The van der Waals surface area contributed by atoms with E-state index in [1.807, 2.05) is 18.5 Å². The second-order valence-corrected chi connectivity index (χ2v) is 3.73. The van der Waals surface area contributed by atoms with Crippen LogP contribution in [0.1, 0.15) is 25.7 Å². The average molecular weight is 238 g/mol. The van der Waals surface area contributed by atoms with Crippen LogP contribution in [0.3, 0.4) is 0 Å². The van der Waals surface area contributed by atoms with E-state index in [0.29, 0.717) is 18.7 Å². The fourth-order valence-electron chi connectivity index (χ4n) is 1.36. The van der Waals surface area contributed by atoms with Gasteiger partial charge >= 0.3 is 5.97 Å². The number of nitrogens with one attached hydrogen (secondary N) is 1. The van der Waals surface area contributed by atoms with Crippen LogP contribution in [-0.2, 0) is 16.6 Å². The van der Waals surface area contributed by atoms with Gasteiger partial charge in [-0.15, -0.1) is 10.2 Å². The summed E-state index contributed by atoms with van der Waals surface area (Å²) < 4.78 is 6.66. The molecule has 1 unspecified atom stereocenters. The van der Waals surface area contributed by atoms with Gasteiger partial charge in [0.05, 0.1) is 12.6 Å². The maximum absolute atomic E-state index is 11.3. The van der Waals surface area contributed by atoms with Crippen molar-refractivity contribution < 1.29 is 9.53 Å². The molecule has 6 heteroatoms. The van der Waals surface area contributed by atoms with Gasteiger partial charge in [-0.1, -0.05) is 6.58 Å². The molecular formula is C11H18N4O2. The van der Waals surface area contributed by atoms with Gasteiger partial charge in [-0.3, -0.25) is 0 Å². The van der Waals surface area contributed by atoms with E-state index in [2.05, 4.69) is 22.1 Å². The van der Waals surface area contributed by atoms with E-state index < -0.39 is 0 Å². The number of aryl methyl sites for hydroxylation is 1. The highest BCUT2D eigenvalue weighted by Gasteiger charge is 2.13. The maximum Gasteiger partial charge on any atom is 0.334 e. The molecule has 1 N–H and O–H groups in total. The van der Waals surface area contributed by atoms with E-state index in [1.165, 1.54) is 0 Å². The standard InChI is InChI=1S/C11H18N4O2/c1-5-17-11(16)8(2)6-12-9(3)10-14-13-7-15(10)4/h7,9,12H,2,5-6H2,1,3-4H3. The Morgan fingerprint density at radius 1 is 1.71 bits per heavy atom. The summed E-state index contributed by atoms with van der Waals surface area (Å²) in [7, 11) is 1.87. The molecule has 1 atom stereocenters. The lowest BCUT2D eigenvalue weighted by Gasteiger charge is -2.13. The van der Waals surface area contributed by atoms with Crippen molar-refractivity contribution in [1.82, 2.24) is 20.1 Å². The number of aromatic nitrogens is 3. The lowest BCUT2D eigenvalue weighted by molar-refractivity contribution is -0.138. The number of rotatable bonds is 6. The molecule has 6 nitrogen and oxygen atoms in total. The topological polar surface area (TPSA) is 69.0 Å². The molecule has 0 amide bonds. The van der Waals surface area contributed by atoms with Crippen molar-refractivity contribution in [2.45, 2.75) is 19.9 Å². The third-order valence-corrected chi connectivity index (χ3v) is 2.32. The third kappa shape index (κ3) is 3.67.